The number of hydrogen-bond donors (Lipinski definition) is 3. The summed E-state index contributed by atoms with van der Waals surface area (Å²) in [6, 6.07) is 7.26. The van der Waals surface area contributed by atoms with E-state index in [0.717, 1.165) is 12.1 Å². The zero-order valence-corrected chi connectivity index (χ0v) is 15.0. The van der Waals surface area contributed by atoms with Crippen LogP contribution in [0.4, 0.5) is 15.0 Å². The third kappa shape index (κ3) is 5.56. The lowest BCUT2D eigenvalue weighted by atomic mass is 9.91. The van der Waals surface area contributed by atoms with Crippen molar-refractivity contribution >= 4 is 11.8 Å². The van der Waals surface area contributed by atoms with Crippen molar-refractivity contribution in [3.8, 4) is 0 Å². The number of hydrogen-bond acceptors (Lipinski definition) is 3. The van der Waals surface area contributed by atoms with Gasteiger partial charge in [0.05, 0.1) is 11.8 Å². The Kier molecular flexibility index (Phi) is 5.79. The molecule has 0 fully saturated rings. The van der Waals surface area contributed by atoms with Crippen LogP contribution in [0.15, 0.2) is 30.3 Å². The second kappa shape index (κ2) is 7.65. The molecule has 2 amide bonds. The minimum absolute atomic E-state index is 0.0950. The highest BCUT2D eigenvalue weighted by Crippen LogP contribution is 2.21. The van der Waals surface area contributed by atoms with E-state index < -0.39 is 18.0 Å². The molecular formula is C18H25FN4O2. The normalized spacial score (nSPS) is 12.7. The number of benzene rings is 1. The van der Waals surface area contributed by atoms with Crippen LogP contribution < -0.4 is 10.6 Å². The van der Waals surface area contributed by atoms with Crippen LogP contribution in [0.25, 0.3) is 0 Å². The number of carbonyl (C=O) groups is 1. The predicted octanol–water partition coefficient (Wildman–Crippen LogP) is 3.00. The molecule has 1 aromatic carbocycles. The van der Waals surface area contributed by atoms with Gasteiger partial charge in [-0.15, -0.1) is 0 Å². The molecule has 0 bridgehead atoms. The van der Waals surface area contributed by atoms with Gasteiger partial charge in [-0.2, -0.15) is 5.10 Å². The van der Waals surface area contributed by atoms with Crippen molar-refractivity contribution in [1.29, 1.82) is 0 Å². The van der Waals surface area contributed by atoms with Crippen LogP contribution in [0.1, 0.15) is 38.1 Å². The summed E-state index contributed by atoms with van der Waals surface area (Å²) in [5.41, 5.74) is 1.13. The third-order valence-electron chi connectivity index (χ3n) is 3.60. The third-order valence-corrected chi connectivity index (χ3v) is 3.60. The molecule has 0 aliphatic carbocycles. The van der Waals surface area contributed by atoms with Gasteiger partial charge >= 0.3 is 6.03 Å². The Hall–Kier alpha value is -2.41. The number of urea groups is 1. The average Bonchev–Trinajstić information content (AvgIpc) is 2.82. The van der Waals surface area contributed by atoms with E-state index >= 15 is 0 Å². The number of halogens is 1. The van der Waals surface area contributed by atoms with Crippen LogP contribution >= 0.6 is 0 Å². The molecule has 0 aliphatic rings. The summed E-state index contributed by atoms with van der Waals surface area (Å²) in [6.07, 6.45) is -0.328. The number of aliphatic hydroxyl groups excluding tert-OH is 1. The lowest BCUT2D eigenvalue weighted by Crippen LogP contribution is -2.33. The first-order valence-corrected chi connectivity index (χ1v) is 8.16. The molecule has 1 atom stereocenters. The molecule has 3 N–H and O–H groups in total. The second-order valence-electron chi connectivity index (χ2n) is 7.25. The largest absolute Gasteiger partial charge is 0.386 e. The topological polar surface area (TPSA) is 79.2 Å². The van der Waals surface area contributed by atoms with E-state index in [4.69, 9.17) is 0 Å². The fourth-order valence-corrected chi connectivity index (χ4v) is 2.48. The van der Waals surface area contributed by atoms with Gasteiger partial charge in [-0.3, -0.25) is 10.00 Å². The van der Waals surface area contributed by atoms with Crippen molar-refractivity contribution in [2.45, 2.75) is 33.3 Å². The van der Waals surface area contributed by atoms with E-state index in [2.05, 4.69) is 36.5 Å². The van der Waals surface area contributed by atoms with Gasteiger partial charge in [0.25, 0.3) is 0 Å². The van der Waals surface area contributed by atoms with E-state index in [0.29, 0.717) is 5.82 Å². The molecule has 1 heterocycles. The Morgan fingerprint density at radius 1 is 1.36 bits per heavy atom. The van der Waals surface area contributed by atoms with Gasteiger partial charge in [0, 0.05) is 25.2 Å². The van der Waals surface area contributed by atoms with Gasteiger partial charge in [0.2, 0.25) is 0 Å². The second-order valence-corrected chi connectivity index (χ2v) is 7.25. The van der Waals surface area contributed by atoms with Crippen molar-refractivity contribution in [1.82, 2.24) is 15.1 Å². The summed E-state index contributed by atoms with van der Waals surface area (Å²) in [5.74, 6) is 0.0489. The number of aromatic nitrogens is 2. The van der Waals surface area contributed by atoms with Crippen LogP contribution in [0.5, 0.6) is 0 Å². The summed E-state index contributed by atoms with van der Waals surface area (Å²) >= 11 is 0. The highest BCUT2D eigenvalue weighted by atomic mass is 19.1. The summed E-state index contributed by atoms with van der Waals surface area (Å²) in [5, 5.41) is 19.6. The first-order chi connectivity index (χ1) is 11.7. The zero-order valence-electron chi connectivity index (χ0n) is 15.0. The number of amides is 2. The Labute approximate surface area is 147 Å². The van der Waals surface area contributed by atoms with Gasteiger partial charge in [-0.25, -0.2) is 9.18 Å². The number of nitrogens with zero attached hydrogens (tertiary/aromatic N) is 2. The summed E-state index contributed by atoms with van der Waals surface area (Å²) in [6.45, 7) is 6.25. The minimum Gasteiger partial charge on any atom is -0.386 e. The average molecular weight is 348 g/mol. The number of carbonyl (C=O) groups excluding carboxylic acids is 1. The lowest BCUT2D eigenvalue weighted by molar-refractivity contribution is 0.170. The van der Waals surface area contributed by atoms with Crippen LogP contribution in [0.2, 0.25) is 0 Å². The molecule has 0 unspecified atom stereocenters. The molecule has 7 heteroatoms. The van der Waals surface area contributed by atoms with E-state index in [-0.39, 0.29) is 17.5 Å². The Bertz CT molecular complexity index is 737. The molecule has 0 spiro atoms. The number of aliphatic hydroxyl groups is 1. The summed E-state index contributed by atoms with van der Waals surface area (Å²) in [4.78, 5) is 12.0. The lowest BCUT2D eigenvalue weighted by Gasteiger charge is -2.15. The van der Waals surface area contributed by atoms with Crippen molar-refractivity contribution < 1.29 is 14.3 Å². The van der Waals surface area contributed by atoms with Crippen molar-refractivity contribution in [2.24, 2.45) is 12.5 Å². The Morgan fingerprint density at radius 3 is 2.68 bits per heavy atom. The molecule has 25 heavy (non-hydrogen) atoms. The first kappa shape index (κ1) is 18.9. The van der Waals surface area contributed by atoms with Crippen LogP contribution in [0.3, 0.4) is 0 Å². The molecule has 0 radical (unpaired) electrons. The monoisotopic (exact) mass is 348 g/mol. The number of anilines is 1. The van der Waals surface area contributed by atoms with Crippen molar-refractivity contribution in [3.63, 3.8) is 0 Å². The van der Waals surface area contributed by atoms with Crippen molar-refractivity contribution in [2.75, 3.05) is 11.9 Å². The maximum Gasteiger partial charge on any atom is 0.320 e. The fraction of sp³-hybridized carbons (Fsp3) is 0.444. The SMILES string of the molecule is Cn1nc(CC(C)(C)C)cc1NC(=O)NC[C@@H](O)c1ccccc1F. The Morgan fingerprint density at radius 2 is 2.04 bits per heavy atom. The van der Waals surface area contributed by atoms with Crippen LogP contribution in [-0.2, 0) is 13.5 Å². The Balaban J connectivity index is 1.91. The standard InChI is InChI=1S/C18H25FN4O2/c1-18(2,3)10-12-9-16(23(4)22-12)21-17(25)20-11-15(24)13-7-5-6-8-14(13)19/h5-9,15,24H,10-11H2,1-4H3,(H2,20,21,25)/t15-/m1/s1. The van der Waals surface area contributed by atoms with Gasteiger partial charge < -0.3 is 10.4 Å². The van der Waals surface area contributed by atoms with Gasteiger partial charge in [-0.1, -0.05) is 39.0 Å². The smallest absolute Gasteiger partial charge is 0.320 e. The minimum atomic E-state index is -1.12. The maximum atomic E-state index is 13.6. The quantitative estimate of drug-likeness (QED) is 0.777. The van der Waals surface area contributed by atoms with Crippen LogP contribution in [-0.4, -0.2) is 27.5 Å². The highest BCUT2D eigenvalue weighted by molar-refractivity contribution is 5.88. The number of rotatable bonds is 5. The van der Waals surface area contributed by atoms with E-state index in [1.54, 1.807) is 23.9 Å². The highest BCUT2D eigenvalue weighted by Gasteiger charge is 2.17. The number of nitrogens with one attached hydrogen (secondary N) is 2. The summed E-state index contributed by atoms with van der Waals surface area (Å²) < 4.78 is 15.2. The fourth-order valence-electron chi connectivity index (χ4n) is 2.48. The molecule has 0 aliphatic heterocycles. The molecule has 136 valence electrons. The van der Waals surface area contributed by atoms with Crippen molar-refractivity contribution in [3.05, 3.63) is 47.4 Å². The molecule has 2 aromatic rings. The zero-order chi connectivity index (χ0) is 18.6. The molecule has 2 rings (SSSR count). The van der Waals surface area contributed by atoms with E-state index in [9.17, 15) is 14.3 Å². The van der Waals surface area contributed by atoms with Gasteiger partial charge in [-0.05, 0) is 17.9 Å². The molecule has 0 saturated heterocycles. The van der Waals surface area contributed by atoms with E-state index in [1.165, 1.54) is 12.1 Å². The first-order valence-electron chi connectivity index (χ1n) is 8.16. The van der Waals surface area contributed by atoms with E-state index in [1.807, 2.05) is 6.07 Å². The summed E-state index contributed by atoms with van der Waals surface area (Å²) in [7, 11) is 1.75. The van der Waals surface area contributed by atoms with Gasteiger partial charge in [0.1, 0.15) is 11.6 Å². The maximum absolute atomic E-state index is 13.6. The molecule has 0 saturated carbocycles. The molecular weight excluding hydrogens is 323 g/mol. The van der Waals surface area contributed by atoms with Crippen LogP contribution in [0, 0.1) is 11.2 Å². The predicted molar refractivity (Wildman–Crippen MR) is 94.7 cm³/mol. The van der Waals surface area contributed by atoms with Gasteiger partial charge in [0.15, 0.2) is 0 Å². The number of aryl methyl sites for hydroxylation is 1. The molecule has 1 aromatic heterocycles. The molecule has 6 nitrogen and oxygen atoms in total.